The van der Waals surface area contributed by atoms with E-state index in [2.05, 4.69) is 0 Å². The molecule has 0 aromatic heterocycles. The molecule has 11 heavy (non-hydrogen) atoms. The summed E-state index contributed by atoms with van der Waals surface area (Å²) >= 11 is 0. The van der Waals surface area contributed by atoms with Gasteiger partial charge in [-0.15, -0.1) is 0 Å². The molecule has 0 saturated heterocycles. The second-order valence-corrected chi connectivity index (χ2v) is 1.47. The fourth-order valence-corrected chi connectivity index (χ4v) is 0.124. The van der Waals surface area contributed by atoms with Crippen molar-refractivity contribution in [2.24, 2.45) is 0 Å². The molecule has 8 heteroatoms. The number of aliphatic hydroxyl groups is 1. The third kappa shape index (κ3) is 2.87. The molecule has 0 aliphatic carbocycles. The summed E-state index contributed by atoms with van der Waals surface area (Å²) in [7, 11) is 0. The van der Waals surface area contributed by atoms with E-state index in [9.17, 15) is 26.3 Å². The van der Waals surface area contributed by atoms with Crippen LogP contribution in [-0.4, -0.2) is 23.6 Å². The summed E-state index contributed by atoms with van der Waals surface area (Å²) in [5.41, 5.74) is 0. The van der Waals surface area contributed by atoms with Crippen molar-refractivity contribution in [3.05, 3.63) is 0 Å². The first-order chi connectivity index (χ1) is 4.19. The van der Waals surface area contributed by atoms with Crippen molar-refractivity contribution >= 4 is 0 Å². The van der Waals surface area contributed by atoms with Gasteiger partial charge < -0.3 is 5.11 Å². The third-order valence-corrected chi connectivity index (χ3v) is 0.687. The SMILES string of the molecule is OC(F)(C(F)F)C(F)(F)F.[Co]. The predicted molar refractivity (Wildman–Crippen MR) is 18.1 cm³/mol. The van der Waals surface area contributed by atoms with Crippen LogP contribution >= 0.6 is 0 Å². The fourth-order valence-electron chi connectivity index (χ4n) is 0.124. The van der Waals surface area contributed by atoms with Gasteiger partial charge in [0.1, 0.15) is 0 Å². The molecule has 0 aromatic rings. The summed E-state index contributed by atoms with van der Waals surface area (Å²) in [4.78, 5) is 0. The summed E-state index contributed by atoms with van der Waals surface area (Å²) < 4.78 is 66.3. The molecule has 1 nitrogen and oxygen atoms in total. The average molecular weight is 227 g/mol. The fraction of sp³-hybridized carbons (Fsp3) is 1.00. The van der Waals surface area contributed by atoms with E-state index in [-0.39, 0.29) is 16.8 Å². The van der Waals surface area contributed by atoms with Crippen molar-refractivity contribution in [1.82, 2.24) is 0 Å². The average Bonchev–Trinajstić information content (AvgIpc) is 1.62. The topological polar surface area (TPSA) is 20.2 Å². The van der Waals surface area contributed by atoms with Gasteiger partial charge in [-0.1, -0.05) is 0 Å². The number of alkyl halides is 6. The zero-order valence-corrected chi connectivity index (χ0v) is 5.67. The van der Waals surface area contributed by atoms with Crippen LogP contribution in [-0.2, 0) is 16.8 Å². The van der Waals surface area contributed by atoms with Gasteiger partial charge >= 0.3 is 18.5 Å². The first kappa shape index (κ1) is 13.6. The molecule has 0 aromatic carbocycles. The van der Waals surface area contributed by atoms with Crippen LogP contribution < -0.4 is 0 Å². The summed E-state index contributed by atoms with van der Waals surface area (Å²) in [6, 6.07) is 0. The van der Waals surface area contributed by atoms with E-state index in [0.717, 1.165) is 0 Å². The zero-order valence-electron chi connectivity index (χ0n) is 4.63. The Hall–Kier alpha value is 0.0465. The minimum atomic E-state index is -5.94. The molecule has 0 aliphatic rings. The third-order valence-electron chi connectivity index (χ3n) is 0.687. The van der Waals surface area contributed by atoms with Crippen molar-refractivity contribution in [1.29, 1.82) is 0 Å². The minimum absolute atomic E-state index is 0. The Kier molecular flexibility index (Phi) is 4.50. The molecule has 0 bridgehead atoms. The normalized spacial score (nSPS) is 17.5. The molecule has 0 aliphatic heterocycles. The van der Waals surface area contributed by atoms with Crippen LogP contribution in [0.15, 0.2) is 0 Å². The van der Waals surface area contributed by atoms with Crippen molar-refractivity contribution in [2.45, 2.75) is 18.5 Å². The number of hydrogen-bond acceptors (Lipinski definition) is 1. The Morgan fingerprint density at radius 3 is 1.27 bits per heavy atom. The van der Waals surface area contributed by atoms with Gasteiger partial charge in [0.05, 0.1) is 0 Å². The second kappa shape index (κ2) is 3.63. The van der Waals surface area contributed by atoms with Crippen molar-refractivity contribution < 1.29 is 48.2 Å². The summed E-state index contributed by atoms with van der Waals surface area (Å²) in [5.74, 6) is -5.40. The van der Waals surface area contributed by atoms with Gasteiger partial charge in [-0.05, 0) is 0 Å². The van der Waals surface area contributed by atoms with Gasteiger partial charge in [0.2, 0.25) is 0 Å². The molecule has 0 fully saturated rings. The number of halogens is 6. The molecule has 0 spiro atoms. The number of hydrogen-bond donors (Lipinski definition) is 1. The second-order valence-electron chi connectivity index (χ2n) is 1.47. The van der Waals surface area contributed by atoms with Crippen molar-refractivity contribution in [2.75, 3.05) is 0 Å². The van der Waals surface area contributed by atoms with Gasteiger partial charge in [-0.3, -0.25) is 0 Å². The Morgan fingerprint density at radius 2 is 1.27 bits per heavy atom. The van der Waals surface area contributed by atoms with E-state index in [0.29, 0.717) is 0 Å². The van der Waals surface area contributed by atoms with Crippen molar-refractivity contribution in [3.63, 3.8) is 0 Å². The van der Waals surface area contributed by atoms with Crippen LogP contribution in [0.1, 0.15) is 0 Å². The van der Waals surface area contributed by atoms with E-state index >= 15 is 0 Å². The molecule has 1 radical (unpaired) electrons. The van der Waals surface area contributed by atoms with Gasteiger partial charge in [-0.25, -0.2) is 8.78 Å². The quantitative estimate of drug-likeness (QED) is 0.672. The minimum Gasteiger partial charge on any atom is -0.350 e. The first-order valence-electron chi connectivity index (χ1n) is 1.95. The first-order valence-corrected chi connectivity index (χ1v) is 1.95. The van der Waals surface area contributed by atoms with Gasteiger partial charge in [0.25, 0.3) is 0 Å². The monoisotopic (exact) mass is 227 g/mol. The van der Waals surface area contributed by atoms with Crippen LogP contribution in [0.2, 0.25) is 0 Å². The van der Waals surface area contributed by atoms with E-state index in [1.165, 1.54) is 0 Å². The van der Waals surface area contributed by atoms with Crippen LogP contribution in [0.5, 0.6) is 0 Å². The standard InChI is InChI=1S/C3H2F6O.Co/c4-1(5)2(6,10)3(7,8)9;/h1,10H;. The summed E-state index contributed by atoms with van der Waals surface area (Å²) in [6.07, 6.45) is -10.4. The number of rotatable bonds is 1. The van der Waals surface area contributed by atoms with Crippen LogP contribution in [0.4, 0.5) is 26.3 Å². The van der Waals surface area contributed by atoms with Gasteiger partial charge in [0.15, 0.2) is 0 Å². The maximum absolute atomic E-state index is 11.4. The Labute approximate surface area is 67.6 Å². The van der Waals surface area contributed by atoms with Crippen LogP contribution in [0.25, 0.3) is 0 Å². The molecule has 0 rings (SSSR count). The largest absolute Gasteiger partial charge is 0.454 e. The maximum Gasteiger partial charge on any atom is 0.454 e. The molecule has 0 saturated carbocycles. The van der Waals surface area contributed by atoms with Gasteiger partial charge in [-0.2, -0.15) is 17.6 Å². The smallest absolute Gasteiger partial charge is 0.350 e. The summed E-state index contributed by atoms with van der Waals surface area (Å²) in [5, 5.41) is 7.39. The van der Waals surface area contributed by atoms with E-state index in [1.807, 2.05) is 0 Å². The molecule has 1 unspecified atom stereocenters. The molecule has 71 valence electrons. The van der Waals surface area contributed by atoms with E-state index in [1.54, 1.807) is 0 Å². The molecular formula is C3H2CoF6O. The van der Waals surface area contributed by atoms with Gasteiger partial charge in [0, 0.05) is 16.8 Å². The molecule has 1 N–H and O–H groups in total. The maximum atomic E-state index is 11.4. The molecule has 0 amide bonds. The van der Waals surface area contributed by atoms with Crippen LogP contribution in [0, 0.1) is 0 Å². The Morgan fingerprint density at radius 1 is 1.00 bits per heavy atom. The molecule has 1 atom stereocenters. The molecule has 0 heterocycles. The molecular weight excluding hydrogens is 225 g/mol. The van der Waals surface area contributed by atoms with Crippen LogP contribution in [0.3, 0.4) is 0 Å². The van der Waals surface area contributed by atoms with Crippen molar-refractivity contribution in [3.8, 4) is 0 Å². The van der Waals surface area contributed by atoms with E-state index in [4.69, 9.17) is 5.11 Å². The summed E-state index contributed by atoms with van der Waals surface area (Å²) in [6.45, 7) is 0. The zero-order chi connectivity index (χ0) is 8.58. The Balaban J connectivity index is 0. The predicted octanol–water partition coefficient (Wildman–Crippen LogP) is 1.47. The Bertz CT molecular complexity index is 119. The van der Waals surface area contributed by atoms with E-state index < -0.39 is 18.5 Å².